The molecule has 0 amide bonds. The molecule has 0 radical (unpaired) electrons. The number of rotatable bonds is 4. The van der Waals surface area contributed by atoms with E-state index in [1.54, 1.807) is 0 Å². The molecule has 2 nitrogen and oxygen atoms in total. The second-order valence-corrected chi connectivity index (χ2v) is 4.40. The molecule has 0 aliphatic carbocycles. The first-order valence-corrected chi connectivity index (χ1v) is 5.66. The van der Waals surface area contributed by atoms with Crippen molar-refractivity contribution in [1.29, 1.82) is 0 Å². The van der Waals surface area contributed by atoms with Crippen molar-refractivity contribution in [3.05, 3.63) is 28.8 Å². The molecule has 0 aromatic heterocycles. The van der Waals surface area contributed by atoms with Crippen LogP contribution in [0.1, 0.15) is 31.4 Å². The smallest absolute Gasteiger partial charge is 0.0474 e. The molecular formula is C12H19ClN2. The Bertz CT molecular complexity index is 323. The number of hydrogen-bond donors (Lipinski definition) is 1. The second kappa shape index (κ2) is 5.38. The molecule has 0 aliphatic rings. The lowest BCUT2D eigenvalue weighted by Gasteiger charge is -2.17. The molecule has 0 aliphatic heterocycles. The largest absolute Gasteiger partial charge is 0.378 e. The molecule has 0 fully saturated rings. The molecule has 84 valence electrons. The Hall–Kier alpha value is -0.730. The fraction of sp³-hybridized carbons (Fsp3) is 0.500. The van der Waals surface area contributed by atoms with Crippen molar-refractivity contribution >= 4 is 17.3 Å². The minimum absolute atomic E-state index is 0.0544. The average molecular weight is 227 g/mol. The zero-order chi connectivity index (χ0) is 11.4. The van der Waals surface area contributed by atoms with E-state index >= 15 is 0 Å². The van der Waals surface area contributed by atoms with Crippen LogP contribution in [0.25, 0.3) is 0 Å². The van der Waals surface area contributed by atoms with E-state index in [1.165, 1.54) is 0 Å². The quantitative estimate of drug-likeness (QED) is 0.855. The molecule has 2 N–H and O–H groups in total. The Labute approximate surface area is 97.0 Å². The van der Waals surface area contributed by atoms with Crippen molar-refractivity contribution in [2.24, 2.45) is 5.73 Å². The van der Waals surface area contributed by atoms with Gasteiger partial charge >= 0.3 is 0 Å². The standard InChI is InChI=1S/C12H19ClN2/c1-4-5-12(14)10-7-6-9(15(2)3)8-11(10)13/h6-8,12H,4-5,14H2,1-3H3/t12-/m0/s1. The van der Waals surface area contributed by atoms with Crippen molar-refractivity contribution in [1.82, 2.24) is 0 Å². The van der Waals surface area contributed by atoms with Gasteiger partial charge < -0.3 is 10.6 Å². The normalized spacial score (nSPS) is 12.6. The van der Waals surface area contributed by atoms with Crippen LogP contribution in [-0.4, -0.2) is 14.1 Å². The van der Waals surface area contributed by atoms with E-state index in [0.717, 1.165) is 29.1 Å². The number of benzene rings is 1. The van der Waals surface area contributed by atoms with E-state index in [2.05, 4.69) is 13.0 Å². The lowest BCUT2D eigenvalue weighted by Crippen LogP contribution is -2.12. The van der Waals surface area contributed by atoms with Crippen LogP contribution in [-0.2, 0) is 0 Å². The summed E-state index contributed by atoms with van der Waals surface area (Å²) in [5.41, 5.74) is 8.18. The van der Waals surface area contributed by atoms with E-state index in [-0.39, 0.29) is 6.04 Å². The first-order valence-electron chi connectivity index (χ1n) is 5.28. The van der Waals surface area contributed by atoms with Gasteiger partial charge in [-0.15, -0.1) is 0 Å². The van der Waals surface area contributed by atoms with Crippen LogP contribution >= 0.6 is 11.6 Å². The molecule has 0 saturated heterocycles. The molecule has 0 unspecified atom stereocenters. The van der Waals surface area contributed by atoms with Crippen LogP contribution in [0.5, 0.6) is 0 Å². The molecule has 0 bridgehead atoms. The number of anilines is 1. The summed E-state index contributed by atoms with van der Waals surface area (Å²) in [6, 6.07) is 6.10. The van der Waals surface area contributed by atoms with Crippen LogP contribution in [0.2, 0.25) is 5.02 Å². The van der Waals surface area contributed by atoms with E-state index < -0.39 is 0 Å². The summed E-state index contributed by atoms with van der Waals surface area (Å²) in [6.45, 7) is 2.13. The van der Waals surface area contributed by atoms with E-state index in [9.17, 15) is 0 Å². The summed E-state index contributed by atoms with van der Waals surface area (Å²) in [4.78, 5) is 2.03. The molecule has 0 heterocycles. The maximum atomic E-state index is 6.20. The number of nitrogens with zero attached hydrogens (tertiary/aromatic N) is 1. The first kappa shape index (κ1) is 12.3. The van der Waals surface area contributed by atoms with Crippen LogP contribution in [0.15, 0.2) is 18.2 Å². The van der Waals surface area contributed by atoms with Gasteiger partial charge in [0.1, 0.15) is 0 Å². The van der Waals surface area contributed by atoms with E-state index in [0.29, 0.717) is 0 Å². The monoisotopic (exact) mass is 226 g/mol. The topological polar surface area (TPSA) is 29.3 Å². The Morgan fingerprint density at radius 1 is 1.40 bits per heavy atom. The zero-order valence-electron chi connectivity index (χ0n) is 9.63. The Balaban J connectivity index is 2.92. The molecule has 1 aromatic carbocycles. The van der Waals surface area contributed by atoms with Crippen LogP contribution in [0, 0.1) is 0 Å². The molecule has 15 heavy (non-hydrogen) atoms. The summed E-state index contributed by atoms with van der Waals surface area (Å²) in [6.07, 6.45) is 2.05. The number of nitrogens with two attached hydrogens (primary N) is 1. The van der Waals surface area contributed by atoms with Crippen molar-refractivity contribution in [2.75, 3.05) is 19.0 Å². The van der Waals surface area contributed by atoms with Gasteiger partial charge in [-0.1, -0.05) is 31.0 Å². The van der Waals surface area contributed by atoms with Gasteiger partial charge in [0.05, 0.1) is 0 Å². The fourth-order valence-electron chi connectivity index (χ4n) is 1.56. The maximum absolute atomic E-state index is 6.20. The lowest BCUT2D eigenvalue weighted by molar-refractivity contribution is 0.638. The molecule has 0 spiro atoms. The Morgan fingerprint density at radius 2 is 2.07 bits per heavy atom. The minimum Gasteiger partial charge on any atom is -0.378 e. The van der Waals surface area contributed by atoms with Gasteiger partial charge in [0.2, 0.25) is 0 Å². The first-order chi connectivity index (χ1) is 7.06. The fourth-order valence-corrected chi connectivity index (χ4v) is 1.88. The van der Waals surface area contributed by atoms with Gasteiger partial charge in [0.15, 0.2) is 0 Å². The summed E-state index contributed by atoms with van der Waals surface area (Å²) in [5, 5.41) is 0.766. The highest BCUT2D eigenvalue weighted by atomic mass is 35.5. The predicted molar refractivity (Wildman–Crippen MR) is 67.6 cm³/mol. The molecule has 1 aromatic rings. The predicted octanol–water partition coefficient (Wildman–Crippen LogP) is 3.21. The lowest BCUT2D eigenvalue weighted by atomic mass is 10.0. The van der Waals surface area contributed by atoms with Gasteiger partial charge in [0, 0.05) is 30.8 Å². The average Bonchev–Trinajstić information content (AvgIpc) is 2.17. The molecular weight excluding hydrogens is 208 g/mol. The van der Waals surface area contributed by atoms with Crippen LogP contribution in [0.3, 0.4) is 0 Å². The highest BCUT2D eigenvalue weighted by Gasteiger charge is 2.10. The van der Waals surface area contributed by atoms with Crippen LogP contribution in [0.4, 0.5) is 5.69 Å². The summed E-state index contributed by atoms with van der Waals surface area (Å²) in [5.74, 6) is 0. The molecule has 3 heteroatoms. The number of halogens is 1. The van der Waals surface area contributed by atoms with E-state index in [1.807, 2.05) is 31.1 Å². The summed E-state index contributed by atoms with van der Waals surface area (Å²) < 4.78 is 0. The summed E-state index contributed by atoms with van der Waals surface area (Å²) >= 11 is 6.20. The molecule has 1 atom stereocenters. The minimum atomic E-state index is 0.0544. The summed E-state index contributed by atoms with van der Waals surface area (Å²) in [7, 11) is 3.99. The second-order valence-electron chi connectivity index (χ2n) is 4.00. The third kappa shape index (κ3) is 3.11. The highest BCUT2D eigenvalue weighted by molar-refractivity contribution is 6.31. The van der Waals surface area contributed by atoms with Crippen molar-refractivity contribution in [3.8, 4) is 0 Å². The third-order valence-electron chi connectivity index (χ3n) is 2.50. The van der Waals surface area contributed by atoms with Gasteiger partial charge in [0.25, 0.3) is 0 Å². The third-order valence-corrected chi connectivity index (χ3v) is 2.83. The Morgan fingerprint density at radius 3 is 2.53 bits per heavy atom. The van der Waals surface area contributed by atoms with Gasteiger partial charge in [-0.05, 0) is 24.1 Å². The molecule has 1 rings (SSSR count). The van der Waals surface area contributed by atoms with Crippen molar-refractivity contribution < 1.29 is 0 Å². The van der Waals surface area contributed by atoms with Gasteiger partial charge in [-0.3, -0.25) is 0 Å². The Kier molecular flexibility index (Phi) is 4.43. The maximum Gasteiger partial charge on any atom is 0.0474 e. The van der Waals surface area contributed by atoms with Gasteiger partial charge in [-0.25, -0.2) is 0 Å². The number of hydrogen-bond acceptors (Lipinski definition) is 2. The SMILES string of the molecule is CCC[C@H](N)c1ccc(N(C)C)cc1Cl. The zero-order valence-corrected chi connectivity index (χ0v) is 10.4. The molecule has 0 saturated carbocycles. The van der Waals surface area contributed by atoms with Gasteiger partial charge in [-0.2, -0.15) is 0 Å². The van der Waals surface area contributed by atoms with Crippen molar-refractivity contribution in [3.63, 3.8) is 0 Å². The van der Waals surface area contributed by atoms with Crippen LogP contribution < -0.4 is 10.6 Å². The van der Waals surface area contributed by atoms with Crippen molar-refractivity contribution in [2.45, 2.75) is 25.8 Å². The van der Waals surface area contributed by atoms with E-state index in [4.69, 9.17) is 17.3 Å². The highest BCUT2D eigenvalue weighted by Crippen LogP contribution is 2.28.